The molecule has 1 aromatic rings. The van der Waals surface area contributed by atoms with Gasteiger partial charge in [0.1, 0.15) is 18.0 Å². The van der Waals surface area contributed by atoms with Gasteiger partial charge in [-0.05, 0) is 39.7 Å². The molecule has 0 aromatic carbocycles. The fourth-order valence-electron chi connectivity index (χ4n) is 2.58. The molecule has 2 heterocycles. The molecular formula is C14H25N5. The molecule has 1 fully saturated rings. The molecule has 0 bridgehead atoms. The highest BCUT2D eigenvalue weighted by atomic mass is 15.3. The number of anilines is 2. The van der Waals surface area contributed by atoms with Gasteiger partial charge in [0.2, 0.25) is 0 Å². The Balaban J connectivity index is 2.18. The number of nitrogens with two attached hydrogens (primary N) is 1. The SMILES string of the molecule is CC(C)N(C)c1cc(N2CCCC2CCN)ncn1. The van der Waals surface area contributed by atoms with Gasteiger partial charge in [-0.25, -0.2) is 9.97 Å². The molecule has 1 aliphatic heterocycles. The van der Waals surface area contributed by atoms with E-state index >= 15 is 0 Å². The Bertz CT molecular complexity index is 407. The van der Waals surface area contributed by atoms with Gasteiger partial charge in [0, 0.05) is 31.7 Å². The smallest absolute Gasteiger partial charge is 0.134 e. The molecule has 1 atom stereocenters. The second-order valence-corrected chi connectivity index (χ2v) is 5.51. The van der Waals surface area contributed by atoms with E-state index < -0.39 is 0 Å². The van der Waals surface area contributed by atoms with Crippen molar-refractivity contribution < 1.29 is 0 Å². The average Bonchev–Trinajstić information content (AvgIpc) is 2.86. The van der Waals surface area contributed by atoms with Gasteiger partial charge in [0.15, 0.2) is 0 Å². The molecule has 1 aromatic heterocycles. The highest BCUT2D eigenvalue weighted by molar-refractivity contribution is 5.51. The lowest BCUT2D eigenvalue weighted by Gasteiger charge is -2.27. The van der Waals surface area contributed by atoms with E-state index in [1.54, 1.807) is 6.33 Å². The lowest BCUT2D eigenvalue weighted by atomic mass is 10.1. The molecule has 1 unspecified atom stereocenters. The fraction of sp³-hybridized carbons (Fsp3) is 0.714. The third-order valence-electron chi connectivity index (χ3n) is 3.95. The van der Waals surface area contributed by atoms with Gasteiger partial charge in [-0.2, -0.15) is 0 Å². The standard InChI is InChI=1S/C14H25N5/c1-11(2)18(3)13-9-14(17-10-16-13)19-8-4-5-12(19)6-7-15/h9-12H,4-8,15H2,1-3H3. The van der Waals surface area contributed by atoms with E-state index in [4.69, 9.17) is 5.73 Å². The Hall–Kier alpha value is -1.36. The monoisotopic (exact) mass is 263 g/mol. The van der Waals surface area contributed by atoms with Crippen molar-refractivity contribution in [1.82, 2.24) is 9.97 Å². The first-order valence-electron chi connectivity index (χ1n) is 7.15. The molecule has 5 nitrogen and oxygen atoms in total. The van der Waals surface area contributed by atoms with E-state index in [9.17, 15) is 0 Å². The van der Waals surface area contributed by atoms with Crippen LogP contribution in [0.15, 0.2) is 12.4 Å². The van der Waals surface area contributed by atoms with Crippen LogP contribution < -0.4 is 15.5 Å². The van der Waals surface area contributed by atoms with Crippen molar-refractivity contribution in [3.63, 3.8) is 0 Å². The number of hydrogen-bond donors (Lipinski definition) is 1. The summed E-state index contributed by atoms with van der Waals surface area (Å²) < 4.78 is 0. The molecule has 0 saturated carbocycles. The van der Waals surface area contributed by atoms with Crippen LogP contribution in [0.2, 0.25) is 0 Å². The minimum Gasteiger partial charge on any atom is -0.357 e. The summed E-state index contributed by atoms with van der Waals surface area (Å²) in [6.07, 6.45) is 5.15. The van der Waals surface area contributed by atoms with E-state index in [0.717, 1.165) is 31.1 Å². The summed E-state index contributed by atoms with van der Waals surface area (Å²) in [7, 11) is 2.07. The highest BCUT2D eigenvalue weighted by Gasteiger charge is 2.25. The number of aromatic nitrogens is 2. The minimum atomic E-state index is 0.432. The van der Waals surface area contributed by atoms with Gasteiger partial charge < -0.3 is 15.5 Å². The van der Waals surface area contributed by atoms with Crippen molar-refractivity contribution in [2.45, 2.75) is 45.2 Å². The van der Waals surface area contributed by atoms with E-state index in [1.165, 1.54) is 12.8 Å². The molecule has 2 rings (SSSR count). The minimum absolute atomic E-state index is 0.432. The van der Waals surface area contributed by atoms with Crippen molar-refractivity contribution in [1.29, 1.82) is 0 Å². The first kappa shape index (κ1) is 14.1. The quantitative estimate of drug-likeness (QED) is 0.875. The van der Waals surface area contributed by atoms with Crippen LogP contribution in [-0.2, 0) is 0 Å². The van der Waals surface area contributed by atoms with Crippen LogP contribution in [-0.4, -0.2) is 42.2 Å². The summed E-state index contributed by atoms with van der Waals surface area (Å²) in [5.41, 5.74) is 5.70. The van der Waals surface area contributed by atoms with Gasteiger partial charge in [-0.15, -0.1) is 0 Å². The lowest BCUT2D eigenvalue weighted by molar-refractivity contribution is 0.613. The predicted octanol–water partition coefficient (Wildman–Crippen LogP) is 1.64. The van der Waals surface area contributed by atoms with Gasteiger partial charge in [-0.1, -0.05) is 0 Å². The van der Waals surface area contributed by atoms with Crippen molar-refractivity contribution in [3.05, 3.63) is 12.4 Å². The average molecular weight is 263 g/mol. The fourth-order valence-corrected chi connectivity index (χ4v) is 2.58. The van der Waals surface area contributed by atoms with Crippen LogP contribution in [0.1, 0.15) is 33.1 Å². The molecule has 106 valence electrons. The summed E-state index contributed by atoms with van der Waals surface area (Å²) in [4.78, 5) is 13.4. The molecule has 2 N–H and O–H groups in total. The summed E-state index contributed by atoms with van der Waals surface area (Å²) in [5.74, 6) is 2.02. The van der Waals surface area contributed by atoms with E-state index in [-0.39, 0.29) is 0 Å². The maximum atomic E-state index is 5.70. The maximum absolute atomic E-state index is 5.70. The Morgan fingerprint density at radius 1 is 1.47 bits per heavy atom. The van der Waals surface area contributed by atoms with Crippen molar-refractivity contribution in [2.75, 3.05) is 29.9 Å². The second kappa shape index (κ2) is 6.19. The van der Waals surface area contributed by atoms with Crippen LogP contribution in [0.5, 0.6) is 0 Å². The van der Waals surface area contributed by atoms with Crippen LogP contribution in [0.3, 0.4) is 0 Å². The molecule has 0 aliphatic carbocycles. The highest BCUT2D eigenvalue weighted by Crippen LogP contribution is 2.27. The Morgan fingerprint density at radius 3 is 2.95 bits per heavy atom. The third kappa shape index (κ3) is 3.15. The molecule has 0 radical (unpaired) electrons. The topological polar surface area (TPSA) is 58.3 Å². The number of hydrogen-bond acceptors (Lipinski definition) is 5. The first-order chi connectivity index (χ1) is 9.13. The summed E-state index contributed by atoms with van der Waals surface area (Å²) in [5, 5.41) is 0. The van der Waals surface area contributed by atoms with Crippen LogP contribution in [0, 0.1) is 0 Å². The molecule has 1 aliphatic rings. The zero-order valence-corrected chi connectivity index (χ0v) is 12.2. The van der Waals surface area contributed by atoms with Crippen LogP contribution in [0.25, 0.3) is 0 Å². The summed E-state index contributed by atoms with van der Waals surface area (Å²) >= 11 is 0. The number of nitrogens with zero attached hydrogens (tertiary/aromatic N) is 4. The van der Waals surface area contributed by atoms with Crippen molar-refractivity contribution >= 4 is 11.6 Å². The van der Waals surface area contributed by atoms with Crippen molar-refractivity contribution in [2.24, 2.45) is 5.73 Å². The van der Waals surface area contributed by atoms with E-state index in [1.807, 2.05) is 0 Å². The lowest BCUT2D eigenvalue weighted by Crippen LogP contribution is -2.32. The van der Waals surface area contributed by atoms with Gasteiger partial charge >= 0.3 is 0 Å². The predicted molar refractivity (Wildman–Crippen MR) is 79.6 cm³/mol. The van der Waals surface area contributed by atoms with E-state index in [0.29, 0.717) is 12.1 Å². The molecule has 0 amide bonds. The van der Waals surface area contributed by atoms with Gasteiger partial charge in [0.25, 0.3) is 0 Å². The van der Waals surface area contributed by atoms with Gasteiger partial charge in [-0.3, -0.25) is 0 Å². The maximum Gasteiger partial charge on any atom is 0.134 e. The summed E-state index contributed by atoms with van der Waals surface area (Å²) in [6, 6.07) is 3.06. The second-order valence-electron chi connectivity index (χ2n) is 5.51. The zero-order valence-electron chi connectivity index (χ0n) is 12.2. The summed E-state index contributed by atoms with van der Waals surface area (Å²) in [6.45, 7) is 6.14. The Kier molecular flexibility index (Phi) is 4.58. The largest absolute Gasteiger partial charge is 0.357 e. The molecular weight excluding hydrogens is 238 g/mol. The van der Waals surface area contributed by atoms with Crippen LogP contribution >= 0.6 is 0 Å². The normalized spacial score (nSPS) is 19.2. The molecule has 0 spiro atoms. The van der Waals surface area contributed by atoms with E-state index in [2.05, 4.69) is 46.7 Å². The molecule has 1 saturated heterocycles. The van der Waals surface area contributed by atoms with Gasteiger partial charge in [0.05, 0.1) is 0 Å². The third-order valence-corrected chi connectivity index (χ3v) is 3.95. The van der Waals surface area contributed by atoms with Crippen LogP contribution in [0.4, 0.5) is 11.6 Å². The molecule has 19 heavy (non-hydrogen) atoms. The van der Waals surface area contributed by atoms with Crippen molar-refractivity contribution in [3.8, 4) is 0 Å². The zero-order chi connectivity index (χ0) is 13.8. The molecule has 5 heteroatoms. The first-order valence-corrected chi connectivity index (χ1v) is 7.15. The number of rotatable bonds is 5. The Labute approximate surface area is 115 Å². The Morgan fingerprint density at radius 2 is 2.26 bits per heavy atom.